The Kier molecular flexibility index (Phi) is 4.70. The van der Waals surface area contributed by atoms with E-state index in [0.717, 1.165) is 11.1 Å². The van der Waals surface area contributed by atoms with E-state index in [4.69, 9.17) is 16.3 Å². The highest BCUT2D eigenvalue weighted by Gasteiger charge is 2.24. The van der Waals surface area contributed by atoms with Crippen LogP contribution in [0.25, 0.3) is 10.8 Å². The lowest BCUT2D eigenvalue weighted by Gasteiger charge is -2.23. The van der Waals surface area contributed by atoms with E-state index < -0.39 is 0 Å². The van der Waals surface area contributed by atoms with E-state index in [2.05, 4.69) is 36.4 Å². The van der Waals surface area contributed by atoms with Crippen molar-refractivity contribution in [2.45, 2.75) is 43.9 Å². The number of hydrogen-bond acceptors (Lipinski definition) is 1. The normalized spacial score (nSPS) is 18.4. The van der Waals surface area contributed by atoms with Gasteiger partial charge in [-0.25, -0.2) is 0 Å². The van der Waals surface area contributed by atoms with E-state index in [9.17, 15) is 0 Å². The minimum absolute atomic E-state index is 0.110. The van der Waals surface area contributed by atoms with Crippen LogP contribution in [0.2, 0.25) is 0 Å². The standard InChI is InChI=1S/C19H23ClO/c1-21-18-13-12-17(15-10-6-7-11-16(15)18)19(20)14-8-4-2-3-5-9-14/h6-7,10-14,19H,2-5,8-9H2,1H3. The van der Waals surface area contributed by atoms with Crippen molar-refractivity contribution in [1.82, 2.24) is 0 Å². The number of methoxy groups -OCH3 is 1. The fourth-order valence-corrected chi connectivity index (χ4v) is 4.01. The Hall–Kier alpha value is -1.21. The topological polar surface area (TPSA) is 9.23 Å². The molecule has 0 aliphatic heterocycles. The van der Waals surface area contributed by atoms with Crippen LogP contribution in [0, 0.1) is 5.92 Å². The molecule has 0 amide bonds. The van der Waals surface area contributed by atoms with Gasteiger partial charge in [0.1, 0.15) is 5.75 Å². The van der Waals surface area contributed by atoms with Gasteiger partial charge < -0.3 is 4.74 Å². The predicted octanol–water partition coefficient (Wildman–Crippen LogP) is 6.10. The quantitative estimate of drug-likeness (QED) is 0.492. The van der Waals surface area contributed by atoms with Gasteiger partial charge in [0.25, 0.3) is 0 Å². The lowest BCUT2D eigenvalue weighted by Crippen LogP contribution is -2.08. The zero-order valence-electron chi connectivity index (χ0n) is 12.6. The Morgan fingerprint density at radius 1 is 0.952 bits per heavy atom. The maximum Gasteiger partial charge on any atom is 0.126 e. The van der Waals surface area contributed by atoms with E-state index in [1.807, 2.05) is 0 Å². The minimum Gasteiger partial charge on any atom is -0.496 e. The Labute approximate surface area is 132 Å². The summed E-state index contributed by atoms with van der Waals surface area (Å²) in [6, 6.07) is 12.6. The minimum atomic E-state index is 0.110. The number of hydrogen-bond donors (Lipinski definition) is 0. The van der Waals surface area contributed by atoms with Crippen LogP contribution < -0.4 is 4.74 Å². The summed E-state index contributed by atoms with van der Waals surface area (Å²) in [7, 11) is 1.73. The third-order valence-corrected chi connectivity index (χ3v) is 5.34. The SMILES string of the molecule is COc1ccc(C(Cl)C2CCCCCC2)c2ccccc12. The first-order chi connectivity index (χ1) is 10.3. The molecule has 21 heavy (non-hydrogen) atoms. The summed E-state index contributed by atoms with van der Waals surface area (Å²) in [5.41, 5.74) is 1.26. The van der Waals surface area contributed by atoms with Crippen molar-refractivity contribution in [2.75, 3.05) is 7.11 Å². The second kappa shape index (κ2) is 6.70. The molecule has 0 bridgehead atoms. The average Bonchev–Trinajstić information content (AvgIpc) is 2.82. The number of benzene rings is 2. The van der Waals surface area contributed by atoms with E-state index >= 15 is 0 Å². The smallest absolute Gasteiger partial charge is 0.126 e. The largest absolute Gasteiger partial charge is 0.496 e. The molecule has 2 aromatic rings. The molecular formula is C19H23ClO. The highest BCUT2D eigenvalue weighted by atomic mass is 35.5. The first kappa shape index (κ1) is 14.7. The molecule has 0 radical (unpaired) electrons. The molecule has 1 fully saturated rings. The van der Waals surface area contributed by atoms with Gasteiger partial charge in [0.05, 0.1) is 12.5 Å². The zero-order valence-corrected chi connectivity index (χ0v) is 13.4. The van der Waals surface area contributed by atoms with Crippen LogP contribution in [0.4, 0.5) is 0 Å². The molecule has 1 nitrogen and oxygen atoms in total. The molecule has 1 unspecified atom stereocenters. The second-order valence-electron chi connectivity index (χ2n) is 6.06. The molecule has 2 heteroatoms. The summed E-state index contributed by atoms with van der Waals surface area (Å²) in [5, 5.41) is 2.51. The third kappa shape index (κ3) is 3.03. The first-order valence-electron chi connectivity index (χ1n) is 8.01. The number of fused-ring (bicyclic) bond motifs is 1. The van der Waals surface area contributed by atoms with Crippen LogP contribution in [0.3, 0.4) is 0 Å². The summed E-state index contributed by atoms with van der Waals surface area (Å²) in [6.45, 7) is 0. The molecular weight excluding hydrogens is 280 g/mol. The van der Waals surface area contributed by atoms with Crippen molar-refractivity contribution in [1.29, 1.82) is 0 Å². The first-order valence-corrected chi connectivity index (χ1v) is 8.44. The molecule has 0 aromatic heterocycles. The van der Waals surface area contributed by atoms with Crippen molar-refractivity contribution in [3.05, 3.63) is 42.0 Å². The van der Waals surface area contributed by atoms with E-state index in [1.54, 1.807) is 7.11 Å². The molecule has 1 saturated carbocycles. The molecule has 2 aromatic carbocycles. The zero-order chi connectivity index (χ0) is 14.7. The Morgan fingerprint density at radius 2 is 1.62 bits per heavy atom. The van der Waals surface area contributed by atoms with Gasteiger partial charge in [-0.05, 0) is 35.8 Å². The van der Waals surface area contributed by atoms with Crippen molar-refractivity contribution < 1.29 is 4.74 Å². The van der Waals surface area contributed by atoms with Crippen molar-refractivity contribution >= 4 is 22.4 Å². The van der Waals surface area contributed by atoms with E-state index in [-0.39, 0.29) is 5.38 Å². The van der Waals surface area contributed by atoms with Crippen LogP contribution in [-0.4, -0.2) is 7.11 Å². The molecule has 1 atom stereocenters. The highest BCUT2D eigenvalue weighted by Crippen LogP contribution is 2.42. The number of alkyl halides is 1. The summed E-state index contributed by atoms with van der Waals surface area (Å²) < 4.78 is 5.48. The maximum absolute atomic E-state index is 6.89. The number of halogens is 1. The van der Waals surface area contributed by atoms with E-state index in [0.29, 0.717) is 5.92 Å². The fraction of sp³-hybridized carbons (Fsp3) is 0.474. The van der Waals surface area contributed by atoms with Crippen molar-refractivity contribution in [2.24, 2.45) is 5.92 Å². The molecule has 112 valence electrons. The molecule has 0 N–H and O–H groups in total. The van der Waals surface area contributed by atoms with Crippen molar-refractivity contribution in [3.8, 4) is 5.75 Å². The number of rotatable bonds is 3. The monoisotopic (exact) mass is 302 g/mol. The van der Waals surface area contributed by atoms with Gasteiger partial charge >= 0.3 is 0 Å². The van der Waals surface area contributed by atoms with Gasteiger partial charge in [-0.2, -0.15) is 0 Å². The third-order valence-electron chi connectivity index (χ3n) is 4.75. The molecule has 0 saturated heterocycles. The second-order valence-corrected chi connectivity index (χ2v) is 6.53. The Balaban J connectivity index is 1.99. The van der Waals surface area contributed by atoms with Gasteiger partial charge in [-0.3, -0.25) is 0 Å². The summed E-state index contributed by atoms with van der Waals surface area (Å²) in [6.07, 6.45) is 7.89. The summed E-state index contributed by atoms with van der Waals surface area (Å²) in [4.78, 5) is 0. The lowest BCUT2D eigenvalue weighted by atomic mass is 9.89. The molecule has 0 spiro atoms. The van der Waals surface area contributed by atoms with Crippen LogP contribution in [-0.2, 0) is 0 Å². The highest BCUT2D eigenvalue weighted by molar-refractivity contribution is 6.22. The molecule has 3 rings (SSSR count). The number of ether oxygens (including phenoxy) is 1. The Bertz CT molecular complexity index is 600. The predicted molar refractivity (Wildman–Crippen MR) is 90.3 cm³/mol. The summed E-state index contributed by atoms with van der Waals surface area (Å²) in [5.74, 6) is 1.53. The van der Waals surface area contributed by atoms with Gasteiger partial charge in [-0.1, -0.05) is 56.0 Å². The van der Waals surface area contributed by atoms with Crippen LogP contribution in [0.15, 0.2) is 36.4 Å². The molecule has 1 aliphatic carbocycles. The van der Waals surface area contributed by atoms with Crippen molar-refractivity contribution in [3.63, 3.8) is 0 Å². The van der Waals surface area contributed by atoms with Crippen LogP contribution in [0.1, 0.15) is 49.5 Å². The maximum atomic E-state index is 6.89. The van der Waals surface area contributed by atoms with E-state index in [1.165, 1.54) is 49.5 Å². The van der Waals surface area contributed by atoms with Gasteiger partial charge in [-0.15, -0.1) is 11.6 Å². The van der Waals surface area contributed by atoms with Gasteiger partial charge in [0.15, 0.2) is 0 Å². The average molecular weight is 303 g/mol. The summed E-state index contributed by atoms with van der Waals surface area (Å²) >= 11 is 6.89. The fourth-order valence-electron chi connectivity index (χ4n) is 3.57. The Morgan fingerprint density at radius 3 is 2.29 bits per heavy atom. The van der Waals surface area contributed by atoms with Crippen LogP contribution >= 0.6 is 11.6 Å². The van der Waals surface area contributed by atoms with Crippen LogP contribution in [0.5, 0.6) is 5.75 Å². The molecule has 0 heterocycles. The van der Waals surface area contributed by atoms with Gasteiger partial charge in [0.2, 0.25) is 0 Å². The van der Waals surface area contributed by atoms with Gasteiger partial charge in [0, 0.05) is 5.39 Å². The molecule has 1 aliphatic rings. The lowest BCUT2D eigenvalue weighted by molar-refractivity contribution is 0.419.